The molecule has 1 heterocycles. The van der Waals surface area contributed by atoms with Crippen molar-refractivity contribution < 1.29 is 13.2 Å². The maximum atomic E-state index is 11.8. The molecule has 7 nitrogen and oxygen atoms in total. The number of guanidine groups is 1. The number of nitrogens with one attached hydrogen (secondary N) is 2. The molecule has 2 rings (SSSR count). The SMILES string of the molecule is CCNC(=NCc1ccc(S(=O)(=O)NC)cc1)N1CCC(COC)C1. The van der Waals surface area contributed by atoms with Gasteiger partial charge in [0.2, 0.25) is 10.0 Å². The maximum absolute atomic E-state index is 11.8. The number of sulfonamides is 1. The Labute approximate surface area is 150 Å². The van der Waals surface area contributed by atoms with Crippen molar-refractivity contribution in [3.05, 3.63) is 29.8 Å². The molecule has 0 aromatic heterocycles. The summed E-state index contributed by atoms with van der Waals surface area (Å²) in [5.41, 5.74) is 0.970. The van der Waals surface area contributed by atoms with Crippen LogP contribution in [0.1, 0.15) is 18.9 Å². The van der Waals surface area contributed by atoms with Crippen LogP contribution in [-0.2, 0) is 21.3 Å². The number of methoxy groups -OCH3 is 1. The minimum Gasteiger partial charge on any atom is -0.384 e. The summed E-state index contributed by atoms with van der Waals surface area (Å²) in [4.78, 5) is 7.22. The zero-order valence-electron chi connectivity index (χ0n) is 15.2. The first kappa shape index (κ1) is 19.7. The van der Waals surface area contributed by atoms with Gasteiger partial charge in [-0.25, -0.2) is 18.1 Å². The van der Waals surface area contributed by atoms with Crippen LogP contribution in [0, 0.1) is 5.92 Å². The van der Waals surface area contributed by atoms with E-state index in [0.29, 0.717) is 12.5 Å². The lowest BCUT2D eigenvalue weighted by Gasteiger charge is -2.21. The molecule has 1 unspecified atom stereocenters. The van der Waals surface area contributed by atoms with Crippen LogP contribution in [0.4, 0.5) is 0 Å². The molecule has 0 amide bonds. The third kappa shape index (κ3) is 5.42. The van der Waals surface area contributed by atoms with Crippen LogP contribution in [0.15, 0.2) is 34.2 Å². The molecule has 1 aromatic carbocycles. The summed E-state index contributed by atoms with van der Waals surface area (Å²) < 4.78 is 31.1. The van der Waals surface area contributed by atoms with E-state index in [1.54, 1.807) is 31.4 Å². The highest BCUT2D eigenvalue weighted by Crippen LogP contribution is 2.17. The van der Waals surface area contributed by atoms with Crippen LogP contribution >= 0.6 is 0 Å². The van der Waals surface area contributed by atoms with Gasteiger partial charge in [0.25, 0.3) is 0 Å². The number of benzene rings is 1. The monoisotopic (exact) mass is 368 g/mol. The van der Waals surface area contributed by atoms with Crippen LogP contribution in [0.3, 0.4) is 0 Å². The van der Waals surface area contributed by atoms with Gasteiger partial charge in [-0.05, 0) is 38.1 Å². The molecule has 0 bridgehead atoms. The van der Waals surface area contributed by atoms with E-state index < -0.39 is 10.0 Å². The Morgan fingerprint density at radius 1 is 1.36 bits per heavy atom. The van der Waals surface area contributed by atoms with Crippen molar-refractivity contribution >= 4 is 16.0 Å². The topological polar surface area (TPSA) is 83.0 Å². The molecule has 1 atom stereocenters. The van der Waals surface area contributed by atoms with Crippen LogP contribution in [0.2, 0.25) is 0 Å². The summed E-state index contributed by atoms with van der Waals surface area (Å²) in [6.07, 6.45) is 1.11. The lowest BCUT2D eigenvalue weighted by Crippen LogP contribution is -2.40. The fourth-order valence-corrected chi connectivity index (χ4v) is 3.61. The van der Waals surface area contributed by atoms with E-state index in [2.05, 4.69) is 21.9 Å². The van der Waals surface area contributed by atoms with E-state index in [1.165, 1.54) is 7.05 Å². The predicted molar refractivity (Wildman–Crippen MR) is 99.1 cm³/mol. The standard InChI is InChI=1S/C17H28N4O3S/c1-4-19-17(21-10-9-15(12-21)13-24-3)20-11-14-5-7-16(8-6-14)25(22,23)18-2/h5-8,15,18H,4,9-13H2,1-3H3,(H,19,20). The van der Waals surface area contributed by atoms with Crippen molar-refractivity contribution in [1.82, 2.24) is 14.9 Å². The van der Waals surface area contributed by atoms with E-state index in [1.807, 2.05) is 0 Å². The van der Waals surface area contributed by atoms with E-state index in [-0.39, 0.29) is 4.90 Å². The molecule has 0 spiro atoms. The molecule has 0 saturated carbocycles. The Bertz CT molecular complexity index is 674. The average molecular weight is 369 g/mol. The molecule has 2 N–H and O–H groups in total. The quantitative estimate of drug-likeness (QED) is 0.555. The third-order valence-corrected chi connectivity index (χ3v) is 5.67. The second-order valence-corrected chi connectivity index (χ2v) is 7.96. The number of likely N-dealkylation sites (tertiary alicyclic amines) is 1. The van der Waals surface area contributed by atoms with E-state index in [4.69, 9.17) is 9.73 Å². The van der Waals surface area contributed by atoms with Crippen molar-refractivity contribution in [1.29, 1.82) is 0 Å². The average Bonchev–Trinajstić information content (AvgIpc) is 3.08. The number of ether oxygens (including phenoxy) is 1. The first-order valence-electron chi connectivity index (χ1n) is 8.54. The van der Waals surface area contributed by atoms with Crippen molar-refractivity contribution in [2.75, 3.05) is 40.4 Å². The van der Waals surface area contributed by atoms with Gasteiger partial charge in [-0.3, -0.25) is 0 Å². The number of rotatable bonds is 7. The smallest absolute Gasteiger partial charge is 0.240 e. The molecule has 1 fully saturated rings. The normalized spacial score (nSPS) is 18.6. The molecule has 1 aliphatic rings. The molecule has 8 heteroatoms. The summed E-state index contributed by atoms with van der Waals surface area (Å²) in [6.45, 7) is 6.06. The third-order valence-electron chi connectivity index (χ3n) is 4.24. The van der Waals surface area contributed by atoms with Gasteiger partial charge in [-0.15, -0.1) is 0 Å². The molecule has 25 heavy (non-hydrogen) atoms. The number of nitrogens with zero attached hydrogens (tertiary/aromatic N) is 2. The highest BCUT2D eigenvalue weighted by atomic mass is 32.2. The first-order valence-corrected chi connectivity index (χ1v) is 10.0. The Morgan fingerprint density at radius 3 is 2.68 bits per heavy atom. The Kier molecular flexibility index (Phi) is 7.22. The van der Waals surface area contributed by atoms with Gasteiger partial charge in [0, 0.05) is 32.7 Å². The highest BCUT2D eigenvalue weighted by molar-refractivity contribution is 7.89. The van der Waals surface area contributed by atoms with Gasteiger partial charge in [-0.1, -0.05) is 12.1 Å². The number of hydrogen-bond donors (Lipinski definition) is 2. The highest BCUT2D eigenvalue weighted by Gasteiger charge is 2.24. The Morgan fingerprint density at radius 2 is 2.08 bits per heavy atom. The number of aliphatic imine (C=N–C) groups is 1. The lowest BCUT2D eigenvalue weighted by atomic mass is 10.1. The van der Waals surface area contributed by atoms with Crippen LogP contribution < -0.4 is 10.0 Å². The summed E-state index contributed by atoms with van der Waals surface area (Å²) in [5, 5.41) is 3.33. The molecule has 0 aliphatic carbocycles. The first-order chi connectivity index (χ1) is 12.0. The van der Waals surface area contributed by atoms with Crippen molar-refractivity contribution in [2.45, 2.75) is 24.8 Å². The van der Waals surface area contributed by atoms with Gasteiger partial charge in [0.15, 0.2) is 5.96 Å². The zero-order valence-corrected chi connectivity index (χ0v) is 16.0. The fraction of sp³-hybridized carbons (Fsp3) is 0.588. The molecular weight excluding hydrogens is 340 g/mol. The van der Waals surface area contributed by atoms with Crippen LogP contribution in [-0.4, -0.2) is 59.7 Å². The fourth-order valence-electron chi connectivity index (χ4n) is 2.88. The molecular formula is C17H28N4O3S. The van der Waals surface area contributed by atoms with Crippen LogP contribution in [0.5, 0.6) is 0 Å². The summed E-state index contributed by atoms with van der Waals surface area (Å²) in [5.74, 6) is 1.44. The minimum absolute atomic E-state index is 0.261. The van der Waals surface area contributed by atoms with Crippen LogP contribution in [0.25, 0.3) is 0 Å². The van der Waals surface area contributed by atoms with Crippen molar-refractivity contribution in [3.63, 3.8) is 0 Å². The molecule has 1 aliphatic heterocycles. The van der Waals surface area contributed by atoms with Crippen molar-refractivity contribution in [3.8, 4) is 0 Å². The summed E-state index contributed by atoms with van der Waals surface area (Å²) >= 11 is 0. The number of hydrogen-bond acceptors (Lipinski definition) is 4. The molecule has 1 saturated heterocycles. The second-order valence-electron chi connectivity index (χ2n) is 6.08. The largest absolute Gasteiger partial charge is 0.384 e. The van der Waals surface area contributed by atoms with Gasteiger partial charge in [0.1, 0.15) is 0 Å². The van der Waals surface area contributed by atoms with Crippen molar-refractivity contribution in [2.24, 2.45) is 10.9 Å². The predicted octanol–water partition coefficient (Wildman–Crippen LogP) is 1.03. The molecule has 140 valence electrons. The maximum Gasteiger partial charge on any atom is 0.240 e. The van der Waals surface area contributed by atoms with E-state index in [0.717, 1.165) is 44.2 Å². The van der Waals surface area contributed by atoms with Gasteiger partial charge in [0.05, 0.1) is 18.0 Å². The van der Waals surface area contributed by atoms with Gasteiger partial charge in [-0.2, -0.15) is 0 Å². The minimum atomic E-state index is -3.40. The Hall–Kier alpha value is -1.64. The van der Waals surface area contributed by atoms with E-state index >= 15 is 0 Å². The molecule has 1 aromatic rings. The Balaban J connectivity index is 2.04. The summed E-state index contributed by atoms with van der Waals surface area (Å²) in [7, 11) is -0.256. The van der Waals surface area contributed by atoms with E-state index in [9.17, 15) is 8.42 Å². The van der Waals surface area contributed by atoms with Gasteiger partial charge < -0.3 is 15.0 Å². The summed E-state index contributed by atoms with van der Waals surface area (Å²) in [6, 6.07) is 6.81. The van der Waals surface area contributed by atoms with Gasteiger partial charge >= 0.3 is 0 Å². The molecule has 0 radical (unpaired) electrons. The zero-order chi connectivity index (χ0) is 18.3. The lowest BCUT2D eigenvalue weighted by molar-refractivity contribution is 0.157. The second kappa shape index (κ2) is 9.17.